The van der Waals surface area contributed by atoms with Crippen molar-refractivity contribution in [3.05, 3.63) is 84.5 Å². The normalized spacial score (nSPS) is 13.1. The third-order valence-electron chi connectivity index (χ3n) is 11.3. The SMILES string of the molecule is CCCCC/C=C\C/C=C\CCCCCCCCOCC(CNC(=O)[C@@H](CCCCNC(=O)OC(C)(C)C)NCc1ccccc1)OCCCCCCCC/C=C\C/C=C\CCCCC. The van der Waals surface area contributed by atoms with E-state index < -0.39 is 11.7 Å². The molecular formula is C57H99N3O5. The smallest absolute Gasteiger partial charge is 0.407 e. The van der Waals surface area contributed by atoms with Gasteiger partial charge in [0.15, 0.2) is 0 Å². The first-order valence-electron chi connectivity index (χ1n) is 26.6. The Balaban J connectivity index is 2.53. The summed E-state index contributed by atoms with van der Waals surface area (Å²) in [6.45, 7) is 13.4. The fraction of sp³-hybridized carbons (Fsp3) is 0.719. The van der Waals surface area contributed by atoms with Crippen LogP contribution in [-0.2, 0) is 25.5 Å². The van der Waals surface area contributed by atoms with Crippen LogP contribution in [0.25, 0.3) is 0 Å². The van der Waals surface area contributed by atoms with E-state index in [0.29, 0.717) is 45.9 Å². The van der Waals surface area contributed by atoms with Crippen LogP contribution < -0.4 is 16.0 Å². The van der Waals surface area contributed by atoms with E-state index in [1.54, 1.807) is 0 Å². The van der Waals surface area contributed by atoms with Crippen molar-refractivity contribution >= 4 is 12.0 Å². The van der Waals surface area contributed by atoms with E-state index in [9.17, 15) is 9.59 Å². The van der Waals surface area contributed by atoms with Crippen LogP contribution in [0.3, 0.4) is 0 Å². The Morgan fingerprint density at radius 2 is 1.09 bits per heavy atom. The first-order chi connectivity index (χ1) is 31.7. The highest BCUT2D eigenvalue weighted by Gasteiger charge is 2.20. The molecule has 2 amide bonds. The third-order valence-corrected chi connectivity index (χ3v) is 11.3. The van der Waals surface area contributed by atoms with Gasteiger partial charge in [0, 0.05) is 32.8 Å². The number of ether oxygens (including phenoxy) is 3. The summed E-state index contributed by atoms with van der Waals surface area (Å²) in [4.78, 5) is 25.8. The third kappa shape index (κ3) is 41.9. The molecule has 0 aromatic heterocycles. The monoisotopic (exact) mass is 906 g/mol. The van der Waals surface area contributed by atoms with Gasteiger partial charge in [0.2, 0.25) is 5.91 Å². The second-order valence-electron chi connectivity index (χ2n) is 18.8. The Kier molecular flexibility index (Phi) is 41.1. The van der Waals surface area contributed by atoms with E-state index in [-0.39, 0.29) is 18.1 Å². The molecule has 0 bridgehead atoms. The lowest BCUT2D eigenvalue weighted by molar-refractivity contribution is -0.124. The maximum absolute atomic E-state index is 13.7. The van der Waals surface area contributed by atoms with Crippen molar-refractivity contribution in [2.45, 2.75) is 232 Å². The average Bonchev–Trinajstić information content (AvgIpc) is 3.29. The van der Waals surface area contributed by atoms with E-state index in [1.807, 2.05) is 39.0 Å². The molecule has 65 heavy (non-hydrogen) atoms. The number of hydrogen-bond donors (Lipinski definition) is 3. The van der Waals surface area contributed by atoms with E-state index in [1.165, 1.54) is 122 Å². The molecule has 8 nitrogen and oxygen atoms in total. The molecule has 0 fully saturated rings. The van der Waals surface area contributed by atoms with Crippen LogP contribution in [0.2, 0.25) is 0 Å². The molecular weight excluding hydrogens is 807 g/mol. The molecule has 8 heteroatoms. The molecule has 1 unspecified atom stereocenters. The van der Waals surface area contributed by atoms with Crippen LogP contribution in [-0.4, -0.2) is 62.7 Å². The summed E-state index contributed by atoms with van der Waals surface area (Å²) in [5, 5.41) is 9.53. The zero-order chi connectivity index (χ0) is 47.2. The second-order valence-corrected chi connectivity index (χ2v) is 18.8. The van der Waals surface area contributed by atoms with Gasteiger partial charge >= 0.3 is 6.09 Å². The van der Waals surface area contributed by atoms with Gasteiger partial charge < -0.3 is 30.2 Å². The molecule has 2 atom stereocenters. The van der Waals surface area contributed by atoms with Gasteiger partial charge in [-0.05, 0) is 123 Å². The number of nitrogens with one attached hydrogen (secondary N) is 3. The van der Waals surface area contributed by atoms with E-state index >= 15 is 0 Å². The van der Waals surface area contributed by atoms with Crippen LogP contribution in [0.15, 0.2) is 78.9 Å². The van der Waals surface area contributed by atoms with Gasteiger partial charge in [-0.25, -0.2) is 4.79 Å². The number of amides is 2. The van der Waals surface area contributed by atoms with Crippen molar-refractivity contribution in [1.82, 2.24) is 16.0 Å². The molecule has 1 aromatic rings. The summed E-state index contributed by atoms with van der Waals surface area (Å²) in [6, 6.07) is 9.79. The maximum atomic E-state index is 13.7. The fourth-order valence-corrected chi connectivity index (χ4v) is 7.39. The van der Waals surface area contributed by atoms with Gasteiger partial charge in [0.25, 0.3) is 0 Å². The van der Waals surface area contributed by atoms with E-state index in [2.05, 4.69) is 90.5 Å². The first-order valence-corrected chi connectivity index (χ1v) is 26.6. The Hall–Kier alpha value is -3.20. The predicted octanol–water partition coefficient (Wildman–Crippen LogP) is 15.0. The van der Waals surface area contributed by atoms with Crippen molar-refractivity contribution in [3.63, 3.8) is 0 Å². The van der Waals surface area contributed by atoms with Gasteiger partial charge in [-0.1, -0.05) is 170 Å². The molecule has 0 aliphatic carbocycles. The van der Waals surface area contributed by atoms with Crippen LogP contribution in [0.5, 0.6) is 0 Å². The Morgan fingerprint density at radius 1 is 0.585 bits per heavy atom. The highest BCUT2D eigenvalue weighted by molar-refractivity contribution is 5.81. The highest BCUT2D eigenvalue weighted by atomic mass is 16.6. The van der Waals surface area contributed by atoms with Gasteiger partial charge in [-0.2, -0.15) is 0 Å². The molecule has 0 aliphatic rings. The lowest BCUT2D eigenvalue weighted by atomic mass is 10.1. The lowest BCUT2D eigenvalue weighted by Gasteiger charge is -2.22. The van der Waals surface area contributed by atoms with Crippen molar-refractivity contribution in [1.29, 1.82) is 0 Å². The molecule has 3 N–H and O–H groups in total. The van der Waals surface area contributed by atoms with Crippen LogP contribution in [0, 0.1) is 0 Å². The second kappa shape index (κ2) is 44.6. The minimum Gasteiger partial charge on any atom is -0.444 e. The van der Waals surface area contributed by atoms with E-state index in [4.69, 9.17) is 14.2 Å². The Morgan fingerprint density at radius 3 is 1.63 bits per heavy atom. The zero-order valence-corrected chi connectivity index (χ0v) is 42.5. The maximum Gasteiger partial charge on any atom is 0.407 e. The van der Waals surface area contributed by atoms with Crippen molar-refractivity contribution in [2.75, 3.05) is 32.9 Å². The summed E-state index contributed by atoms with van der Waals surface area (Å²) in [6.07, 6.45) is 49.4. The number of rotatable bonds is 44. The van der Waals surface area contributed by atoms with Crippen LogP contribution >= 0.6 is 0 Å². The molecule has 372 valence electrons. The number of unbranched alkanes of at least 4 members (excludes halogenated alkanes) is 19. The summed E-state index contributed by atoms with van der Waals surface area (Å²) in [7, 11) is 0. The number of hydrogen-bond acceptors (Lipinski definition) is 6. The van der Waals surface area contributed by atoms with Crippen LogP contribution in [0.1, 0.15) is 214 Å². The zero-order valence-electron chi connectivity index (χ0n) is 42.5. The first kappa shape index (κ1) is 59.8. The Bertz CT molecular complexity index is 1340. The molecule has 0 saturated carbocycles. The van der Waals surface area contributed by atoms with Crippen molar-refractivity contribution in [2.24, 2.45) is 0 Å². The highest BCUT2D eigenvalue weighted by Crippen LogP contribution is 2.12. The molecule has 0 saturated heterocycles. The quantitative estimate of drug-likeness (QED) is 0.0446. The van der Waals surface area contributed by atoms with Crippen molar-refractivity contribution in [3.8, 4) is 0 Å². The summed E-state index contributed by atoms with van der Waals surface area (Å²) in [5.74, 6) is -0.0338. The standard InChI is InChI=1S/C57H99N3O5/c1-6-8-10-12-14-16-18-20-22-24-26-28-30-32-34-41-47-63-51-53(64-48-42-35-33-31-29-27-25-23-21-19-17-15-13-11-9-7-2)50-60-55(61)54(59-49-52-43-37-36-38-44-52)45-39-40-46-58-56(62)65-57(3,4)5/h14-17,20-23,36-38,43-44,53-54,59H,6-13,18-19,24-35,39-42,45-51H2,1-5H3,(H,58,62)(H,60,61)/b16-14-,17-15-,22-20-,23-21-/t53?,54-/m1/s1. The predicted molar refractivity (Wildman–Crippen MR) is 277 cm³/mol. The summed E-state index contributed by atoms with van der Waals surface area (Å²) in [5.41, 5.74) is 0.593. The van der Waals surface area contributed by atoms with Gasteiger partial charge in [-0.15, -0.1) is 0 Å². The van der Waals surface area contributed by atoms with Gasteiger partial charge in [0.05, 0.1) is 18.8 Å². The largest absolute Gasteiger partial charge is 0.444 e. The van der Waals surface area contributed by atoms with Crippen LogP contribution in [0.4, 0.5) is 4.79 Å². The fourth-order valence-electron chi connectivity index (χ4n) is 7.39. The molecule has 0 spiro atoms. The number of carbonyl (C=O) groups is 2. The topological polar surface area (TPSA) is 97.9 Å². The minimum absolute atomic E-state index is 0.0338. The van der Waals surface area contributed by atoms with Gasteiger partial charge in [-0.3, -0.25) is 4.79 Å². The lowest BCUT2D eigenvalue weighted by Crippen LogP contribution is -2.47. The molecule has 0 radical (unpaired) electrons. The molecule has 1 rings (SSSR count). The van der Waals surface area contributed by atoms with Crippen molar-refractivity contribution < 1.29 is 23.8 Å². The van der Waals surface area contributed by atoms with Gasteiger partial charge in [0.1, 0.15) is 5.60 Å². The number of alkyl carbamates (subject to hydrolysis) is 1. The number of allylic oxidation sites excluding steroid dienone is 8. The molecule has 0 heterocycles. The van der Waals surface area contributed by atoms with E-state index in [0.717, 1.165) is 50.5 Å². The average molecular weight is 906 g/mol. The minimum atomic E-state index is -0.535. The summed E-state index contributed by atoms with van der Waals surface area (Å²) >= 11 is 0. The summed E-state index contributed by atoms with van der Waals surface area (Å²) < 4.78 is 17.9. The number of benzene rings is 1. The molecule has 1 aromatic carbocycles. The Labute approximate surface area is 400 Å². The molecule has 0 aliphatic heterocycles. The number of carbonyl (C=O) groups excluding carboxylic acids is 2.